The lowest BCUT2D eigenvalue weighted by Crippen LogP contribution is -2.53. The van der Waals surface area contributed by atoms with Gasteiger partial charge in [0.25, 0.3) is 0 Å². The molecule has 1 aromatic carbocycles. The molecule has 6 nitrogen and oxygen atoms in total. The van der Waals surface area contributed by atoms with Crippen LogP contribution in [0, 0.1) is 11.8 Å². The highest BCUT2D eigenvalue weighted by Crippen LogP contribution is 2.39. The Kier molecular flexibility index (Phi) is 6.95. The third-order valence-electron chi connectivity index (χ3n) is 7.06. The molecule has 0 aromatic heterocycles. The van der Waals surface area contributed by atoms with Gasteiger partial charge in [0.05, 0.1) is 11.6 Å². The molecular weight excluding hydrogens is 537 g/mol. The van der Waals surface area contributed by atoms with E-state index in [4.69, 9.17) is 18.0 Å². The first-order valence-corrected chi connectivity index (χ1v) is 14.1. The Hall–Kier alpha value is -1.32. The Balaban J connectivity index is 1.24. The Morgan fingerprint density at radius 1 is 1.19 bits per heavy atom. The fourth-order valence-electron chi connectivity index (χ4n) is 4.88. The van der Waals surface area contributed by atoms with Crippen LogP contribution in [0.5, 0.6) is 0 Å². The molecule has 0 radical (unpaired) electrons. The van der Waals surface area contributed by atoms with Gasteiger partial charge in [0.1, 0.15) is 27.1 Å². The van der Waals surface area contributed by atoms with E-state index < -0.39 is 21.3 Å². The van der Waals surface area contributed by atoms with Crippen molar-refractivity contribution < 1.29 is 4.79 Å². The second kappa shape index (κ2) is 9.89. The highest BCUT2D eigenvalue weighted by molar-refractivity contribution is 14.1. The summed E-state index contributed by atoms with van der Waals surface area (Å²) in [7, 11) is 0. The molecule has 2 fully saturated rings. The van der Waals surface area contributed by atoms with Crippen LogP contribution in [0.3, 0.4) is 0 Å². The largest absolute Gasteiger partial charge is 0.352 e. The maximum absolute atomic E-state index is 13.6. The summed E-state index contributed by atoms with van der Waals surface area (Å²) in [5, 5.41) is 4.25. The van der Waals surface area contributed by atoms with Crippen LogP contribution in [0.4, 0.5) is 0 Å². The summed E-state index contributed by atoms with van der Waals surface area (Å²) in [5.41, 5.74) is 3.72. The van der Waals surface area contributed by atoms with Crippen LogP contribution in [0.1, 0.15) is 44.1 Å². The molecule has 0 bridgehead atoms. The van der Waals surface area contributed by atoms with Crippen molar-refractivity contribution in [3.8, 4) is 0 Å². The number of carbonyl (C=O) groups is 1. The van der Waals surface area contributed by atoms with Crippen molar-refractivity contribution in [1.29, 1.82) is 0 Å². The molecule has 2 aliphatic heterocycles. The number of amides is 1. The average molecular weight is 568 g/mol. The van der Waals surface area contributed by atoms with Crippen molar-refractivity contribution in [3.63, 3.8) is 0 Å². The maximum atomic E-state index is 13.6. The van der Waals surface area contributed by atoms with E-state index in [1.165, 1.54) is 36.4 Å². The van der Waals surface area contributed by atoms with Gasteiger partial charge in [0.2, 0.25) is 5.91 Å². The van der Waals surface area contributed by atoms with Crippen LogP contribution in [0.2, 0.25) is 5.02 Å². The number of amidine groups is 1. The van der Waals surface area contributed by atoms with Gasteiger partial charge in [-0.2, -0.15) is 3.21 Å². The number of nitrogens with one attached hydrogen (secondary N) is 1. The minimum atomic E-state index is -0.468. The molecule has 1 saturated heterocycles. The second-order valence-corrected chi connectivity index (χ2v) is 11.2. The summed E-state index contributed by atoms with van der Waals surface area (Å²) < 4.78 is 9.60. The van der Waals surface area contributed by atoms with Crippen molar-refractivity contribution >= 4 is 44.7 Å². The van der Waals surface area contributed by atoms with Gasteiger partial charge in [-0.1, -0.05) is 30.7 Å². The topological polar surface area (TPSA) is 60.3 Å². The Morgan fingerprint density at radius 2 is 1.94 bits per heavy atom. The zero-order chi connectivity index (χ0) is 22.1. The molecule has 8 heteroatoms. The van der Waals surface area contributed by atoms with Crippen LogP contribution in [-0.4, -0.2) is 60.8 Å². The molecule has 1 aromatic rings. The lowest BCUT2D eigenvalue weighted by atomic mass is 9.96. The van der Waals surface area contributed by atoms with E-state index in [1.54, 1.807) is 0 Å². The van der Waals surface area contributed by atoms with Crippen molar-refractivity contribution in [2.75, 3.05) is 39.3 Å². The van der Waals surface area contributed by atoms with E-state index in [-0.39, 0.29) is 11.8 Å². The molecule has 2 heterocycles. The number of carbonyl (C=O) groups excluding carboxylic acids is 1. The summed E-state index contributed by atoms with van der Waals surface area (Å²) in [6.45, 7) is 7.18. The fourth-order valence-corrected chi connectivity index (χ4v) is 6.64. The smallest absolute Gasteiger partial charge is 0.231 e. The lowest BCUT2D eigenvalue weighted by Gasteiger charge is -2.39. The number of hydrogen-bond donors (Lipinski definition) is 1. The number of halogens is 2. The SMILES string of the molecule is C[C@@H]1CCC2=C1C(N1CCN(C(=O)[C@H](CNCC3CC3)c3ccc(Cl)cc3)CC1)=NI=N2. The minimum Gasteiger partial charge on any atom is -0.352 e. The van der Waals surface area contributed by atoms with Crippen LogP contribution in [0.15, 0.2) is 41.9 Å². The maximum Gasteiger partial charge on any atom is 0.231 e. The van der Waals surface area contributed by atoms with Crippen molar-refractivity contribution in [3.05, 3.63) is 46.1 Å². The highest BCUT2D eigenvalue weighted by atomic mass is 127. The number of piperazine rings is 1. The summed E-state index contributed by atoms with van der Waals surface area (Å²) in [5.74, 6) is 2.57. The van der Waals surface area contributed by atoms with Crippen LogP contribution >= 0.6 is 32.9 Å². The van der Waals surface area contributed by atoms with Crippen LogP contribution < -0.4 is 5.32 Å². The van der Waals surface area contributed by atoms with Gasteiger partial charge in [-0.05, 0) is 61.8 Å². The number of hydrogen-bond acceptors (Lipinski definition) is 5. The monoisotopic (exact) mass is 567 g/mol. The lowest BCUT2D eigenvalue weighted by molar-refractivity contribution is -0.134. The van der Waals surface area contributed by atoms with Crippen LogP contribution in [0.25, 0.3) is 0 Å². The van der Waals surface area contributed by atoms with Crippen molar-refractivity contribution in [2.24, 2.45) is 18.2 Å². The van der Waals surface area contributed by atoms with E-state index in [9.17, 15) is 4.79 Å². The summed E-state index contributed by atoms with van der Waals surface area (Å²) in [4.78, 5) is 18.0. The summed E-state index contributed by atoms with van der Waals surface area (Å²) >= 11 is 5.63. The molecule has 5 rings (SSSR count). The van der Waals surface area contributed by atoms with Gasteiger partial charge in [0, 0.05) is 43.3 Å². The van der Waals surface area contributed by atoms with E-state index in [0.717, 1.165) is 50.6 Å². The van der Waals surface area contributed by atoms with Crippen molar-refractivity contribution in [2.45, 2.75) is 38.5 Å². The third-order valence-corrected chi connectivity index (χ3v) is 8.78. The van der Waals surface area contributed by atoms with E-state index in [0.29, 0.717) is 17.5 Å². The van der Waals surface area contributed by atoms with Gasteiger partial charge < -0.3 is 15.1 Å². The van der Waals surface area contributed by atoms with Gasteiger partial charge >= 0.3 is 0 Å². The first kappa shape index (κ1) is 22.5. The Morgan fingerprint density at radius 3 is 2.66 bits per heavy atom. The van der Waals surface area contributed by atoms with E-state index in [1.807, 2.05) is 29.2 Å². The zero-order valence-corrected chi connectivity index (χ0v) is 21.5. The normalized spacial score (nSPS) is 24.2. The molecule has 1 amide bonds. The molecule has 1 N–H and O–H groups in total. The van der Waals surface area contributed by atoms with Gasteiger partial charge in [0.15, 0.2) is 0 Å². The molecule has 0 unspecified atom stereocenters. The predicted molar refractivity (Wildman–Crippen MR) is 137 cm³/mol. The summed E-state index contributed by atoms with van der Waals surface area (Å²) in [6.07, 6.45) is 4.91. The first-order chi connectivity index (χ1) is 15.6. The quantitative estimate of drug-likeness (QED) is 0.506. The first-order valence-electron chi connectivity index (χ1n) is 11.8. The number of nitrogens with zero attached hydrogens (tertiary/aromatic N) is 4. The van der Waals surface area contributed by atoms with Crippen LogP contribution in [-0.2, 0) is 4.79 Å². The van der Waals surface area contributed by atoms with Gasteiger partial charge in [-0.25, -0.2) is 3.15 Å². The molecule has 2 atom stereocenters. The second-order valence-electron chi connectivity index (χ2n) is 9.39. The third kappa shape index (κ3) is 4.94. The van der Waals surface area contributed by atoms with Gasteiger partial charge in [-0.15, -0.1) is 0 Å². The molecule has 172 valence electrons. The summed E-state index contributed by atoms with van der Waals surface area (Å²) in [6, 6.07) is 7.78. The minimum absolute atomic E-state index is 0.168. The molecule has 1 saturated carbocycles. The highest BCUT2D eigenvalue weighted by Gasteiger charge is 2.34. The molecule has 4 aliphatic rings. The number of allylic oxidation sites excluding steroid dienone is 1. The van der Waals surface area contributed by atoms with E-state index in [2.05, 4.69) is 17.1 Å². The zero-order valence-electron chi connectivity index (χ0n) is 18.6. The number of rotatable bonds is 6. The molecule has 32 heavy (non-hydrogen) atoms. The molecular formula is C24H31ClIN5O. The Labute approximate surface area is 206 Å². The fraction of sp³-hybridized carbons (Fsp3) is 0.583. The van der Waals surface area contributed by atoms with E-state index >= 15 is 0 Å². The Bertz CT molecular complexity index is 948. The van der Waals surface area contributed by atoms with Crippen molar-refractivity contribution in [1.82, 2.24) is 15.1 Å². The predicted octanol–water partition coefficient (Wildman–Crippen LogP) is 4.73. The number of benzene rings is 1. The van der Waals surface area contributed by atoms with Gasteiger partial charge in [-0.3, -0.25) is 4.79 Å². The molecule has 2 aliphatic carbocycles. The average Bonchev–Trinajstić information content (AvgIpc) is 3.57. The molecule has 0 spiro atoms. The standard InChI is InChI=1S/C24H31ClIN5O/c1-16-2-9-21-22(16)23(29-26-28-21)30-10-12-31(13-11-30)24(32)20(15-27-14-17-3-4-17)18-5-7-19(25)8-6-18/h5-8,16-17,20,27H,2-4,9-15H2,1H3/t16-,20-/m1/s1.